The van der Waals surface area contributed by atoms with Crippen LogP contribution in [0.5, 0.6) is 5.75 Å². The molecular weight excluding hydrogens is 271 g/mol. The fraction of sp³-hybridized carbons (Fsp3) is 0.0769. The Bertz CT molecular complexity index is 602. The average Bonchev–Trinajstić information content (AvgIpc) is 2.39. The van der Waals surface area contributed by atoms with Crippen molar-refractivity contribution in [3.8, 4) is 5.75 Å². The Morgan fingerprint density at radius 3 is 2.74 bits per heavy atom. The molecule has 2 rings (SSSR count). The molecule has 19 heavy (non-hydrogen) atoms. The quantitative estimate of drug-likeness (QED) is 0.879. The zero-order valence-corrected chi connectivity index (χ0v) is 10.7. The van der Waals surface area contributed by atoms with Gasteiger partial charge in [0.25, 0.3) is 5.91 Å². The molecule has 0 fully saturated rings. The minimum atomic E-state index is -0.547. The first-order chi connectivity index (χ1) is 9.10. The number of anilines is 1. The summed E-state index contributed by atoms with van der Waals surface area (Å²) in [5.41, 5.74) is 0.666. The largest absolute Gasteiger partial charge is 0.494 e. The molecule has 0 aliphatic rings. The molecule has 0 aliphatic heterocycles. The van der Waals surface area contributed by atoms with Gasteiger partial charge in [-0.15, -0.1) is 0 Å². The Labute approximate surface area is 114 Å². The summed E-state index contributed by atoms with van der Waals surface area (Å²) in [6, 6.07) is 7.20. The SMILES string of the molecule is COc1ccc(NC(=O)c2ccc(Cl)nc2)cc1F. The van der Waals surface area contributed by atoms with Crippen molar-refractivity contribution in [2.45, 2.75) is 0 Å². The molecule has 0 saturated carbocycles. The molecule has 0 radical (unpaired) electrons. The summed E-state index contributed by atoms with van der Waals surface area (Å²) >= 11 is 5.62. The van der Waals surface area contributed by atoms with Crippen molar-refractivity contribution in [3.63, 3.8) is 0 Å². The molecule has 98 valence electrons. The highest BCUT2D eigenvalue weighted by Crippen LogP contribution is 2.21. The van der Waals surface area contributed by atoms with Gasteiger partial charge >= 0.3 is 0 Å². The van der Waals surface area contributed by atoms with E-state index in [0.29, 0.717) is 16.4 Å². The number of nitrogens with zero attached hydrogens (tertiary/aromatic N) is 1. The lowest BCUT2D eigenvalue weighted by atomic mass is 10.2. The Morgan fingerprint density at radius 2 is 2.16 bits per heavy atom. The van der Waals surface area contributed by atoms with Crippen LogP contribution in [0.2, 0.25) is 5.15 Å². The van der Waals surface area contributed by atoms with Crippen molar-refractivity contribution in [1.82, 2.24) is 4.98 Å². The molecule has 0 aliphatic carbocycles. The summed E-state index contributed by atoms with van der Waals surface area (Å²) in [6.45, 7) is 0. The molecule has 1 aromatic heterocycles. The van der Waals surface area contributed by atoms with Crippen molar-refractivity contribution < 1.29 is 13.9 Å². The van der Waals surface area contributed by atoms with Crippen LogP contribution in [0.15, 0.2) is 36.5 Å². The van der Waals surface area contributed by atoms with Gasteiger partial charge in [0.15, 0.2) is 11.6 Å². The van der Waals surface area contributed by atoms with Gasteiger partial charge in [-0.25, -0.2) is 9.37 Å². The number of carbonyl (C=O) groups is 1. The van der Waals surface area contributed by atoms with Crippen molar-refractivity contribution in [2.75, 3.05) is 12.4 Å². The predicted molar refractivity (Wildman–Crippen MR) is 70.2 cm³/mol. The molecule has 0 atom stereocenters. The Balaban J connectivity index is 2.14. The number of halogens is 2. The van der Waals surface area contributed by atoms with Crippen LogP contribution in [-0.2, 0) is 0 Å². The van der Waals surface area contributed by atoms with Crippen LogP contribution in [0.1, 0.15) is 10.4 Å². The van der Waals surface area contributed by atoms with Crippen molar-refractivity contribution in [1.29, 1.82) is 0 Å². The maximum atomic E-state index is 13.5. The second kappa shape index (κ2) is 5.67. The Morgan fingerprint density at radius 1 is 1.37 bits per heavy atom. The van der Waals surface area contributed by atoms with Crippen LogP contribution in [0, 0.1) is 5.82 Å². The predicted octanol–water partition coefficient (Wildman–Crippen LogP) is 3.14. The Hall–Kier alpha value is -2.14. The molecule has 1 aromatic carbocycles. The van der Waals surface area contributed by atoms with E-state index in [1.54, 1.807) is 6.07 Å². The van der Waals surface area contributed by atoms with Gasteiger partial charge in [0, 0.05) is 18.0 Å². The molecule has 0 spiro atoms. The summed E-state index contributed by atoms with van der Waals surface area (Å²) < 4.78 is 18.2. The summed E-state index contributed by atoms with van der Waals surface area (Å²) in [6.07, 6.45) is 1.34. The first-order valence-corrected chi connectivity index (χ1v) is 5.74. The van der Waals surface area contributed by atoms with E-state index in [1.165, 1.54) is 37.6 Å². The number of aromatic nitrogens is 1. The summed E-state index contributed by atoms with van der Waals surface area (Å²) in [5, 5.41) is 2.85. The van der Waals surface area contributed by atoms with Crippen molar-refractivity contribution in [2.24, 2.45) is 0 Å². The molecule has 2 aromatic rings. The highest BCUT2D eigenvalue weighted by molar-refractivity contribution is 6.29. The van der Waals surface area contributed by atoms with E-state index in [2.05, 4.69) is 10.3 Å². The number of ether oxygens (including phenoxy) is 1. The molecule has 0 bridgehead atoms. The van der Waals surface area contributed by atoms with Crippen LogP contribution >= 0.6 is 11.6 Å². The van der Waals surface area contributed by atoms with Gasteiger partial charge < -0.3 is 10.1 Å². The fourth-order valence-electron chi connectivity index (χ4n) is 1.46. The van der Waals surface area contributed by atoms with Crippen LogP contribution < -0.4 is 10.1 Å². The standard InChI is InChI=1S/C13H10ClFN2O2/c1-19-11-4-3-9(6-10(11)15)17-13(18)8-2-5-12(14)16-7-8/h2-7H,1H3,(H,17,18). The van der Waals surface area contributed by atoms with Crippen LogP contribution in [-0.4, -0.2) is 18.0 Å². The maximum absolute atomic E-state index is 13.5. The summed E-state index contributed by atoms with van der Waals surface area (Å²) in [5.74, 6) is -0.825. The molecule has 1 N–H and O–H groups in total. The van der Waals surface area contributed by atoms with E-state index in [4.69, 9.17) is 16.3 Å². The third-order valence-electron chi connectivity index (χ3n) is 2.40. The molecule has 4 nitrogen and oxygen atoms in total. The second-order valence-corrected chi connectivity index (χ2v) is 4.06. The highest BCUT2D eigenvalue weighted by atomic mass is 35.5. The average molecular weight is 281 g/mol. The number of nitrogens with one attached hydrogen (secondary N) is 1. The first kappa shape index (κ1) is 13.3. The van der Waals surface area contributed by atoms with E-state index in [0.717, 1.165) is 0 Å². The van der Waals surface area contributed by atoms with Gasteiger partial charge in [0.1, 0.15) is 5.15 Å². The molecule has 1 heterocycles. The highest BCUT2D eigenvalue weighted by Gasteiger charge is 2.09. The molecule has 6 heteroatoms. The number of methoxy groups -OCH3 is 1. The molecule has 0 unspecified atom stereocenters. The maximum Gasteiger partial charge on any atom is 0.257 e. The Kier molecular flexibility index (Phi) is 3.97. The third-order valence-corrected chi connectivity index (χ3v) is 2.62. The number of rotatable bonds is 3. The van der Waals surface area contributed by atoms with E-state index in [9.17, 15) is 9.18 Å². The van der Waals surface area contributed by atoms with E-state index < -0.39 is 11.7 Å². The molecular formula is C13H10ClFN2O2. The molecule has 1 amide bonds. The number of hydrogen-bond donors (Lipinski definition) is 1. The number of amides is 1. The lowest BCUT2D eigenvalue weighted by Crippen LogP contribution is -2.12. The topological polar surface area (TPSA) is 51.2 Å². The van der Waals surface area contributed by atoms with Crippen LogP contribution in [0.4, 0.5) is 10.1 Å². The smallest absolute Gasteiger partial charge is 0.257 e. The lowest BCUT2D eigenvalue weighted by Gasteiger charge is -2.07. The van der Waals surface area contributed by atoms with E-state index in [-0.39, 0.29) is 5.75 Å². The number of carbonyl (C=O) groups excluding carboxylic acids is 1. The normalized spacial score (nSPS) is 10.1. The number of benzene rings is 1. The van der Waals surface area contributed by atoms with Gasteiger partial charge in [-0.1, -0.05) is 11.6 Å². The number of pyridine rings is 1. The summed E-state index contributed by atoms with van der Waals surface area (Å²) in [7, 11) is 1.37. The van der Waals surface area contributed by atoms with Gasteiger partial charge in [0.05, 0.1) is 12.7 Å². The van der Waals surface area contributed by atoms with Gasteiger partial charge in [0.2, 0.25) is 0 Å². The van der Waals surface area contributed by atoms with Crippen molar-refractivity contribution in [3.05, 3.63) is 53.1 Å². The number of hydrogen-bond acceptors (Lipinski definition) is 3. The zero-order chi connectivity index (χ0) is 13.8. The van der Waals surface area contributed by atoms with Crippen LogP contribution in [0.3, 0.4) is 0 Å². The lowest BCUT2D eigenvalue weighted by molar-refractivity contribution is 0.102. The van der Waals surface area contributed by atoms with Gasteiger partial charge in [-0.05, 0) is 24.3 Å². The van der Waals surface area contributed by atoms with Crippen LogP contribution in [0.25, 0.3) is 0 Å². The third kappa shape index (κ3) is 3.20. The minimum absolute atomic E-state index is 0.117. The minimum Gasteiger partial charge on any atom is -0.494 e. The fourth-order valence-corrected chi connectivity index (χ4v) is 1.57. The zero-order valence-electron chi connectivity index (χ0n) is 9.98. The monoisotopic (exact) mass is 280 g/mol. The molecule has 0 saturated heterocycles. The van der Waals surface area contributed by atoms with Gasteiger partial charge in [-0.3, -0.25) is 4.79 Å². The van der Waals surface area contributed by atoms with Gasteiger partial charge in [-0.2, -0.15) is 0 Å². The van der Waals surface area contributed by atoms with E-state index in [1.807, 2.05) is 0 Å². The summed E-state index contributed by atoms with van der Waals surface area (Å²) in [4.78, 5) is 15.6. The second-order valence-electron chi connectivity index (χ2n) is 3.67. The first-order valence-electron chi connectivity index (χ1n) is 5.36. The van der Waals surface area contributed by atoms with E-state index >= 15 is 0 Å². The van der Waals surface area contributed by atoms with Crippen molar-refractivity contribution >= 4 is 23.2 Å².